The van der Waals surface area contributed by atoms with Crippen molar-refractivity contribution < 1.29 is 32.9 Å². The zero-order valence-electron chi connectivity index (χ0n) is 43.0. The first kappa shape index (κ1) is 62.7. The van der Waals surface area contributed by atoms with Gasteiger partial charge >= 0.3 is 7.82 Å². The lowest BCUT2D eigenvalue weighted by Gasteiger charge is -2.25. The summed E-state index contributed by atoms with van der Waals surface area (Å²) in [7, 11) is 1.58. The fraction of sp³-hybridized carbons (Fsp3) is 0.873. The van der Waals surface area contributed by atoms with E-state index in [0.29, 0.717) is 17.4 Å². The predicted molar refractivity (Wildman–Crippen MR) is 277 cm³/mol. The van der Waals surface area contributed by atoms with Gasteiger partial charge in [0.1, 0.15) is 13.2 Å². The van der Waals surface area contributed by atoms with Crippen LogP contribution in [0.4, 0.5) is 0 Å². The van der Waals surface area contributed by atoms with Gasteiger partial charge in [0.05, 0.1) is 39.9 Å². The van der Waals surface area contributed by atoms with Gasteiger partial charge in [0.25, 0.3) is 0 Å². The Labute approximate surface area is 397 Å². The predicted octanol–water partition coefficient (Wildman–Crippen LogP) is 16.2. The van der Waals surface area contributed by atoms with Gasteiger partial charge in [-0.1, -0.05) is 237 Å². The van der Waals surface area contributed by atoms with E-state index in [1.807, 2.05) is 27.2 Å². The molecular weight excluding hydrogens is 816 g/mol. The van der Waals surface area contributed by atoms with Crippen molar-refractivity contribution in [3.05, 3.63) is 36.5 Å². The number of carbonyl (C=O) groups excluding carboxylic acids is 1. The fourth-order valence-corrected chi connectivity index (χ4v) is 8.75. The maximum absolute atomic E-state index is 12.9. The van der Waals surface area contributed by atoms with Crippen LogP contribution in [0, 0.1) is 0 Å². The monoisotopic (exact) mass is 924 g/mol. The fourth-order valence-electron chi connectivity index (χ4n) is 8.01. The number of nitrogens with one attached hydrogen (secondary N) is 1. The van der Waals surface area contributed by atoms with Gasteiger partial charge in [0, 0.05) is 6.42 Å². The molecule has 0 aliphatic carbocycles. The van der Waals surface area contributed by atoms with E-state index >= 15 is 0 Å². The first-order valence-electron chi connectivity index (χ1n) is 27.4. The van der Waals surface area contributed by atoms with Crippen LogP contribution in [0.2, 0.25) is 0 Å². The van der Waals surface area contributed by atoms with Gasteiger partial charge in [0.15, 0.2) is 0 Å². The second kappa shape index (κ2) is 46.8. The average molecular weight is 924 g/mol. The SMILES string of the molecule is CCCCCCCCCCC/C=C\C/C=C\CCCCCCCCCCCCCCCCCC(=O)NC(COP(=O)(O)OCC[N+](C)(C)C)C(O)/C=C/CCCCCCCCCCC. The molecule has 3 unspecified atom stereocenters. The molecule has 0 saturated heterocycles. The summed E-state index contributed by atoms with van der Waals surface area (Å²) < 4.78 is 23.6. The van der Waals surface area contributed by atoms with Crippen LogP contribution in [0.3, 0.4) is 0 Å². The summed E-state index contributed by atoms with van der Waals surface area (Å²) in [4.78, 5) is 23.2. The molecule has 0 fully saturated rings. The number of quaternary nitrogens is 1. The third kappa shape index (κ3) is 48.6. The largest absolute Gasteiger partial charge is 0.472 e. The number of phosphoric acid groups is 1. The van der Waals surface area contributed by atoms with Gasteiger partial charge in [0.2, 0.25) is 5.91 Å². The number of nitrogens with zero attached hydrogens (tertiary/aromatic N) is 1. The number of hydrogen-bond donors (Lipinski definition) is 3. The van der Waals surface area contributed by atoms with E-state index in [4.69, 9.17) is 9.05 Å². The van der Waals surface area contributed by atoms with E-state index in [1.54, 1.807) is 6.08 Å². The van der Waals surface area contributed by atoms with Crippen molar-refractivity contribution in [2.24, 2.45) is 0 Å². The Bertz CT molecular complexity index is 1140. The Kier molecular flexibility index (Phi) is 45.9. The van der Waals surface area contributed by atoms with E-state index in [0.717, 1.165) is 44.9 Å². The number of carbonyl (C=O) groups is 1. The van der Waals surface area contributed by atoms with Crippen molar-refractivity contribution in [3.63, 3.8) is 0 Å². The van der Waals surface area contributed by atoms with Gasteiger partial charge in [-0.2, -0.15) is 0 Å². The van der Waals surface area contributed by atoms with E-state index < -0.39 is 20.0 Å². The van der Waals surface area contributed by atoms with E-state index in [1.165, 1.54) is 193 Å². The second-order valence-corrected chi connectivity index (χ2v) is 21.4. The molecule has 0 bridgehead atoms. The molecule has 8 nitrogen and oxygen atoms in total. The minimum Gasteiger partial charge on any atom is -0.387 e. The molecule has 0 heterocycles. The summed E-state index contributed by atoms with van der Waals surface area (Å²) in [6.07, 6.45) is 59.6. The molecule has 0 radical (unpaired) electrons. The first-order valence-corrected chi connectivity index (χ1v) is 28.9. The van der Waals surface area contributed by atoms with Crippen molar-refractivity contribution in [1.82, 2.24) is 5.32 Å². The summed E-state index contributed by atoms with van der Waals surface area (Å²) >= 11 is 0. The number of amides is 1. The van der Waals surface area contributed by atoms with Crippen molar-refractivity contribution in [1.29, 1.82) is 0 Å². The second-order valence-electron chi connectivity index (χ2n) is 20.0. The molecule has 1 amide bonds. The minimum atomic E-state index is -4.34. The molecule has 0 aromatic rings. The molecule has 3 atom stereocenters. The summed E-state index contributed by atoms with van der Waals surface area (Å²) in [5.41, 5.74) is 0. The number of allylic oxidation sites excluding steroid dienone is 5. The smallest absolute Gasteiger partial charge is 0.387 e. The van der Waals surface area contributed by atoms with Gasteiger partial charge in [-0.05, 0) is 51.4 Å². The standard InChI is InChI=1S/C55H107N2O6P/c1-6-8-10-12-14-16-18-19-20-21-22-23-24-25-26-27-28-29-30-31-32-33-34-35-36-37-39-41-43-45-47-49-55(59)56-53(52-63-64(60,61)62-51-50-57(3,4)5)54(58)48-46-44-42-40-38-17-15-13-11-9-7-2/h22-23,25-26,46,48,53-54,58H,6-21,24,27-45,47,49-52H2,1-5H3,(H-,56,59,60,61)/p+1/b23-22-,26-25-,48-46+. The van der Waals surface area contributed by atoms with Crippen LogP contribution in [-0.2, 0) is 18.4 Å². The van der Waals surface area contributed by atoms with Crippen LogP contribution in [0.5, 0.6) is 0 Å². The zero-order valence-corrected chi connectivity index (χ0v) is 43.9. The highest BCUT2D eigenvalue weighted by molar-refractivity contribution is 7.47. The van der Waals surface area contributed by atoms with E-state index in [9.17, 15) is 19.4 Å². The van der Waals surface area contributed by atoms with Crippen LogP contribution >= 0.6 is 7.82 Å². The molecule has 0 rings (SSSR count). The molecule has 64 heavy (non-hydrogen) atoms. The van der Waals surface area contributed by atoms with Crippen molar-refractivity contribution in [2.75, 3.05) is 40.9 Å². The molecular formula is C55H108N2O6P+. The first-order chi connectivity index (χ1) is 31.0. The molecule has 0 saturated carbocycles. The maximum Gasteiger partial charge on any atom is 0.472 e. The molecule has 0 aromatic carbocycles. The molecule has 3 N–H and O–H groups in total. The lowest BCUT2D eigenvalue weighted by atomic mass is 10.0. The van der Waals surface area contributed by atoms with Crippen molar-refractivity contribution >= 4 is 13.7 Å². The molecule has 9 heteroatoms. The topological polar surface area (TPSA) is 105 Å². The van der Waals surface area contributed by atoms with Crippen LogP contribution in [-0.4, -0.2) is 73.4 Å². The molecule has 0 aromatic heterocycles. The lowest BCUT2D eigenvalue weighted by Crippen LogP contribution is -2.45. The summed E-state index contributed by atoms with van der Waals surface area (Å²) in [5.74, 6) is -0.177. The minimum absolute atomic E-state index is 0.0621. The highest BCUT2D eigenvalue weighted by Gasteiger charge is 2.27. The van der Waals surface area contributed by atoms with Crippen LogP contribution in [0.25, 0.3) is 0 Å². The summed E-state index contributed by atoms with van der Waals surface area (Å²) in [6.45, 7) is 4.81. The Morgan fingerprint density at radius 1 is 0.531 bits per heavy atom. The molecule has 378 valence electrons. The highest BCUT2D eigenvalue weighted by atomic mass is 31.2. The highest BCUT2D eigenvalue weighted by Crippen LogP contribution is 2.43. The number of aliphatic hydroxyl groups is 1. The normalized spacial score (nSPS) is 14.3. The van der Waals surface area contributed by atoms with Crippen molar-refractivity contribution in [2.45, 2.75) is 270 Å². The van der Waals surface area contributed by atoms with Crippen LogP contribution in [0.15, 0.2) is 36.5 Å². The molecule has 0 aliphatic heterocycles. The molecule has 0 aliphatic rings. The average Bonchev–Trinajstić information content (AvgIpc) is 3.25. The number of aliphatic hydroxyl groups excluding tert-OH is 1. The number of hydrogen-bond acceptors (Lipinski definition) is 5. The number of phosphoric ester groups is 1. The van der Waals surface area contributed by atoms with Gasteiger partial charge in [-0.3, -0.25) is 13.8 Å². The number of likely N-dealkylation sites (N-methyl/N-ethyl adjacent to an activating group) is 1. The lowest BCUT2D eigenvalue weighted by molar-refractivity contribution is -0.870. The third-order valence-electron chi connectivity index (χ3n) is 12.4. The molecule has 0 spiro atoms. The van der Waals surface area contributed by atoms with E-state index in [-0.39, 0.29) is 19.1 Å². The Balaban J connectivity index is 4.03. The Morgan fingerprint density at radius 2 is 0.891 bits per heavy atom. The number of rotatable bonds is 50. The van der Waals surface area contributed by atoms with Crippen LogP contribution in [0.1, 0.15) is 258 Å². The van der Waals surface area contributed by atoms with Gasteiger partial charge in [-0.15, -0.1) is 0 Å². The van der Waals surface area contributed by atoms with Crippen LogP contribution < -0.4 is 5.32 Å². The Morgan fingerprint density at radius 3 is 1.28 bits per heavy atom. The van der Waals surface area contributed by atoms with Crippen molar-refractivity contribution in [3.8, 4) is 0 Å². The summed E-state index contributed by atoms with van der Waals surface area (Å²) in [5, 5.41) is 13.8. The zero-order chi connectivity index (χ0) is 47.1. The third-order valence-corrected chi connectivity index (χ3v) is 13.3. The van der Waals surface area contributed by atoms with E-state index in [2.05, 4.69) is 43.5 Å². The Hall–Kier alpha value is -1.28. The number of unbranched alkanes of at least 4 members (excludes halogenated alkanes) is 33. The maximum atomic E-state index is 12.9. The summed E-state index contributed by atoms with van der Waals surface area (Å²) in [6, 6.07) is -0.844. The quantitative estimate of drug-likeness (QED) is 0.0243. The van der Waals surface area contributed by atoms with Gasteiger partial charge in [-0.25, -0.2) is 4.57 Å². The van der Waals surface area contributed by atoms with Gasteiger partial charge < -0.3 is 19.8 Å².